The highest BCUT2D eigenvalue weighted by Gasteiger charge is 2.48. The molecule has 4 N–H and O–H groups in total. The average Bonchev–Trinajstić information content (AvgIpc) is 2.52. The molecule has 0 bridgehead atoms. The number of nitrogen functional groups attached to an aromatic ring is 1. The summed E-state index contributed by atoms with van der Waals surface area (Å²) >= 11 is 0. The minimum Gasteiger partial charge on any atom is -0.397 e. The number of hydrogen-bond acceptors (Lipinski definition) is 5. The molecule has 0 amide bonds. The van der Waals surface area contributed by atoms with Crippen LogP contribution >= 0.6 is 0 Å². The number of nitrogens with one attached hydrogen (secondary N) is 2. The lowest BCUT2D eigenvalue weighted by Gasteiger charge is -2.16. The zero-order valence-corrected chi connectivity index (χ0v) is 13.4. The summed E-state index contributed by atoms with van der Waals surface area (Å²) in [5.74, 6) is -0.490. The second kappa shape index (κ2) is 6.71. The molecule has 0 spiro atoms. The maximum atomic E-state index is 13.6. The molecule has 134 valence electrons. The molecule has 10 heteroatoms. The average molecular weight is 375 g/mol. The molecule has 0 unspecified atom stereocenters. The fourth-order valence-electron chi connectivity index (χ4n) is 2.12. The number of anilines is 2. The Bertz CT molecular complexity index is 911. The molecular weight excluding hydrogens is 362 g/mol. The molecule has 0 radical (unpaired) electrons. The van der Waals surface area contributed by atoms with Gasteiger partial charge in [0.05, 0.1) is 10.6 Å². The second-order valence-corrected chi connectivity index (χ2v) is 6.89. The Kier molecular flexibility index (Phi) is 5.02. The third kappa shape index (κ3) is 3.58. The summed E-state index contributed by atoms with van der Waals surface area (Å²) in [4.78, 5) is -1.13. The van der Waals surface area contributed by atoms with E-state index in [0.717, 1.165) is 6.07 Å². The summed E-state index contributed by atoms with van der Waals surface area (Å²) in [5, 5.41) is 10.0. The van der Waals surface area contributed by atoms with Crippen LogP contribution in [0, 0.1) is 11.2 Å². The van der Waals surface area contributed by atoms with Crippen molar-refractivity contribution in [1.29, 1.82) is 5.41 Å². The van der Waals surface area contributed by atoms with Gasteiger partial charge < -0.3 is 16.5 Å². The summed E-state index contributed by atoms with van der Waals surface area (Å²) in [5.41, 5.74) is -0.527. The number of sulfone groups is 1. The highest BCUT2D eigenvalue weighted by Crippen LogP contribution is 2.36. The summed E-state index contributed by atoms with van der Waals surface area (Å²) < 4.78 is 74.7. The van der Waals surface area contributed by atoms with Gasteiger partial charge in [0, 0.05) is 29.6 Å². The van der Waals surface area contributed by atoms with Crippen LogP contribution in [0.5, 0.6) is 0 Å². The first-order valence-electron chi connectivity index (χ1n) is 6.81. The quantitative estimate of drug-likeness (QED) is 0.424. The molecule has 0 aliphatic heterocycles. The SMILES string of the molecule is N=Cc1c(NCc2ccccc2F)ccc(S(=O)(=O)C(F)(F)F)c1N. The van der Waals surface area contributed by atoms with Gasteiger partial charge in [0.15, 0.2) is 0 Å². The molecule has 0 aromatic heterocycles. The van der Waals surface area contributed by atoms with E-state index in [0.29, 0.717) is 12.3 Å². The third-order valence-corrected chi connectivity index (χ3v) is 4.96. The smallest absolute Gasteiger partial charge is 0.397 e. The normalized spacial score (nSPS) is 12.0. The largest absolute Gasteiger partial charge is 0.501 e. The molecule has 2 aromatic rings. The van der Waals surface area contributed by atoms with Gasteiger partial charge in [-0.2, -0.15) is 13.2 Å². The summed E-state index contributed by atoms with van der Waals surface area (Å²) in [7, 11) is -5.65. The van der Waals surface area contributed by atoms with E-state index in [1.807, 2.05) is 0 Å². The maximum absolute atomic E-state index is 13.6. The topological polar surface area (TPSA) is 96.0 Å². The monoisotopic (exact) mass is 375 g/mol. The van der Waals surface area contributed by atoms with Crippen molar-refractivity contribution in [2.75, 3.05) is 11.1 Å². The van der Waals surface area contributed by atoms with Crippen molar-refractivity contribution in [1.82, 2.24) is 0 Å². The molecular formula is C15H13F4N3O2S. The van der Waals surface area contributed by atoms with Gasteiger partial charge in [0.2, 0.25) is 0 Å². The predicted molar refractivity (Wildman–Crippen MR) is 85.7 cm³/mol. The number of hydrogen-bond donors (Lipinski definition) is 3. The molecule has 25 heavy (non-hydrogen) atoms. The molecule has 0 fully saturated rings. The Morgan fingerprint density at radius 1 is 1.16 bits per heavy atom. The number of alkyl halides is 3. The fraction of sp³-hybridized carbons (Fsp3) is 0.133. The van der Waals surface area contributed by atoms with Gasteiger partial charge in [0.1, 0.15) is 5.82 Å². The van der Waals surface area contributed by atoms with Gasteiger partial charge in [-0.25, -0.2) is 12.8 Å². The second-order valence-electron chi connectivity index (χ2n) is 4.98. The van der Waals surface area contributed by atoms with Crippen molar-refractivity contribution in [3.63, 3.8) is 0 Å². The van der Waals surface area contributed by atoms with Crippen LogP contribution in [0.4, 0.5) is 28.9 Å². The van der Waals surface area contributed by atoms with Gasteiger partial charge in [0.25, 0.3) is 9.84 Å². The molecule has 2 aromatic carbocycles. The molecule has 0 atom stereocenters. The highest BCUT2D eigenvalue weighted by atomic mass is 32.2. The number of benzene rings is 2. The van der Waals surface area contributed by atoms with E-state index in [-0.39, 0.29) is 23.4 Å². The van der Waals surface area contributed by atoms with Gasteiger partial charge >= 0.3 is 5.51 Å². The number of rotatable bonds is 5. The molecule has 0 aliphatic rings. The van der Waals surface area contributed by atoms with E-state index in [1.54, 1.807) is 6.07 Å². The van der Waals surface area contributed by atoms with Crippen LogP contribution < -0.4 is 11.1 Å². The van der Waals surface area contributed by atoms with Gasteiger partial charge in [-0.1, -0.05) is 18.2 Å². The van der Waals surface area contributed by atoms with Crippen molar-refractivity contribution >= 4 is 27.4 Å². The van der Waals surface area contributed by atoms with Crippen LogP contribution in [0.15, 0.2) is 41.3 Å². The minimum atomic E-state index is -5.65. The first-order valence-corrected chi connectivity index (χ1v) is 8.29. The van der Waals surface area contributed by atoms with Crippen LogP contribution in [0.2, 0.25) is 0 Å². The van der Waals surface area contributed by atoms with Crippen LogP contribution in [-0.4, -0.2) is 20.1 Å². The lowest BCUT2D eigenvalue weighted by Crippen LogP contribution is -2.24. The lowest BCUT2D eigenvalue weighted by molar-refractivity contribution is -0.0435. The zero-order chi connectivity index (χ0) is 18.8. The van der Waals surface area contributed by atoms with Crippen LogP contribution in [0.25, 0.3) is 0 Å². The number of nitrogens with two attached hydrogens (primary N) is 1. The van der Waals surface area contributed by atoms with Crippen LogP contribution in [-0.2, 0) is 16.4 Å². The molecule has 5 nitrogen and oxygen atoms in total. The van der Waals surface area contributed by atoms with E-state index >= 15 is 0 Å². The van der Waals surface area contributed by atoms with Crippen molar-refractivity contribution in [2.24, 2.45) is 0 Å². The van der Waals surface area contributed by atoms with Crippen LogP contribution in [0.1, 0.15) is 11.1 Å². The predicted octanol–water partition coefficient (Wildman–Crippen LogP) is 3.31. The van der Waals surface area contributed by atoms with Crippen molar-refractivity contribution < 1.29 is 26.0 Å². The summed E-state index contributed by atoms with van der Waals surface area (Å²) in [6.07, 6.45) is 0.633. The van der Waals surface area contributed by atoms with Crippen molar-refractivity contribution in [3.8, 4) is 0 Å². The lowest BCUT2D eigenvalue weighted by atomic mass is 10.1. The van der Waals surface area contributed by atoms with Gasteiger partial charge in [-0.3, -0.25) is 0 Å². The Morgan fingerprint density at radius 3 is 2.36 bits per heavy atom. The van der Waals surface area contributed by atoms with Crippen molar-refractivity contribution in [3.05, 3.63) is 53.3 Å². The summed E-state index contributed by atoms with van der Waals surface area (Å²) in [6.45, 7) is -0.0294. The Morgan fingerprint density at radius 2 is 1.80 bits per heavy atom. The van der Waals surface area contributed by atoms with Crippen molar-refractivity contribution in [2.45, 2.75) is 16.9 Å². The van der Waals surface area contributed by atoms with E-state index in [9.17, 15) is 26.0 Å². The van der Waals surface area contributed by atoms with E-state index in [4.69, 9.17) is 11.1 Å². The van der Waals surface area contributed by atoms with E-state index < -0.39 is 31.7 Å². The van der Waals surface area contributed by atoms with E-state index in [2.05, 4.69) is 5.32 Å². The van der Waals surface area contributed by atoms with Crippen LogP contribution in [0.3, 0.4) is 0 Å². The standard InChI is InChI=1S/C15H13F4N3O2S/c16-11-4-2-1-3-9(11)8-22-12-5-6-13(14(21)10(12)7-20)25(23,24)15(17,18)19/h1-7,20,22H,8,21H2. The highest BCUT2D eigenvalue weighted by molar-refractivity contribution is 7.92. The Labute approximate surface area is 140 Å². The maximum Gasteiger partial charge on any atom is 0.501 e. The molecule has 0 saturated carbocycles. The fourth-order valence-corrected chi connectivity index (χ4v) is 3.01. The zero-order valence-electron chi connectivity index (χ0n) is 12.6. The molecule has 0 heterocycles. The number of halogens is 4. The van der Waals surface area contributed by atoms with E-state index in [1.165, 1.54) is 18.2 Å². The minimum absolute atomic E-state index is 0.0294. The molecule has 0 saturated heterocycles. The third-order valence-electron chi connectivity index (χ3n) is 3.41. The first kappa shape index (κ1) is 18.7. The summed E-state index contributed by atoms with van der Waals surface area (Å²) in [6, 6.07) is 7.59. The Balaban J connectivity index is 2.41. The van der Waals surface area contributed by atoms with Gasteiger partial charge in [-0.15, -0.1) is 0 Å². The molecule has 0 aliphatic carbocycles. The first-order chi connectivity index (χ1) is 11.6. The Hall–Kier alpha value is -2.62. The molecule has 2 rings (SSSR count). The van der Waals surface area contributed by atoms with Gasteiger partial charge in [-0.05, 0) is 18.2 Å².